The van der Waals surface area contributed by atoms with Gasteiger partial charge in [0.15, 0.2) is 0 Å². The van der Waals surface area contributed by atoms with Crippen molar-refractivity contribution in [3.8, 4) is 0 Å². The number of fused-ring (bicyclic) bond motifs is 2. The summed E-state index contributed by atoms with van der Waals surface area (Å²) >= 11 is 0. The molecule has 1 aliphatic rings. The maximum Gasteiger partial charge on any atom is 0.268 e. The predicted octanol–water partition coefficient (Wildman–Crippen LogP) is 4.73. The number of nitrogens with zero attached hydrogens (tertiary/aromatic N) is 2. The molecule has 4 N–H and O–H groups in total. The van der Waals surface area contributed by atoms with E-state index in [1.54, 1.807) is 0 Å². The van der Waals surface area contributed by atoms with Gasteiger partial charge in [-0.3, -0.25) is 10.2 Å². The Labute approximate surface area is 206 Å². The lowest BCUT2D eigenvalue weighted by Crippen LogP contribution is -2.42. The van der Waals surface area contributed by atoms with Crippen molar-refractivity contribution >= 4 is 33.4 Å². The number of hydrogen-bond donors (Lipinski definition) is 3. The molecule has 0 radical (unpaired) electrons. The van der Waals surface area contributed by atoms with Crippen LogP contribution in [0.3, 0.4) is 0 Å². The van der Waals surface area contributed by atoms with Crippen LogP contribution in [0.4, 0.5) is 0 Å². The number of aromatic nitrogens is 1. The Morgan fingerprint density at radius 3 is 2.49 bits per heavy atom. The summed E-state index contributed by atoms with van der Waals surface area (Å²) in [7, 11) is 4.26. The summed E-state index contributed by atoms with van der Waals surface area (Å²) in [5.74, 6) is -0.0208. The molecule has 3 aromatic carbocycles. The van der Waals surface area contributed by atoms with Crippen LogP contribution in [0.25, 0.3) is 21.7 Å². The summed E-state index contributed by atoms with van der Waals surface area (Å²) in [6.07, 6.45) is 4.18. The summed E-state index contributed by atoms with van der Waals surface area (Å²) in [4.78, 5) is 15.9. The Kier molecular flexibility index (Phi) is 6.31. The van der Waals surface area contributed by atoms with Crippen molar-refractivity contribution in [1.82, 2.24) is 14.8 Å². The quantitative estimate of drug-likeness (QED) is 0.283. The Bertz CT molecular complexity index is 1390. The summed E-state index contributed by atoms with van der Waals surface area (Å²) in [5, 5.41) is 14.5. The fraction of sp³-hybridized carbons (Fsp3) is 0.310. The second kappa shape index (κ2) is 9.55. The predicted molar refractivity (Wildman–Crippen MR) is 143 cm³/mol. The second-order valence-corrected chi connectivity index (χ2v) is 9.88. The van der Waals surface area contributed by atoms with E-state index >= 15 is 0 Å². The summed E-state index contributed by atoms with van der Waals surface area (Å²) in [6.45, 7) is 0.558. The Balaban J connectivity index is 1.51. The van der Waals surface area contributed by atoms with Crippen molar-refractivity contribution < 1.29 is 4.79 Å². The highest BCUT2D eigenvalue weighted by Crippen LogP contribution is 2.27. The van der Waals surface area contributed by atoms with Gasteiger partial charge in [-0.05, 0) is 68.2 Å². The third kappa shape index (κ3) is 4.66. The van der Waals surface area contributed by atoms with Gasteiger partial charge in [-0.2, -0.15) is 0 Å². The van der Waals surface area contributed by atoms with Crippen molar-refractivity contribution in [2.75, 3.05) is 14.1 Å². The minimum Gasteiger partial charge on any atom is -0.384 e. The fourth-order valence-corrected chi connectivity index (χ4v) is 5.38. The Morgan fingerprint density at radius 2 is 1.74 bits per heavy atom. The number of nitrogen functional groups attached to an aromatic ring is 1. The molecule has 0 unspecified atom stereocenters. The average molecular weight is 468 g/mol. The number of nitrogens with one attached hydrogen (secondary N) is 2. The highest BCUT2D eigenvalue weighted by molar-refractivity contribution is 6.02. The number of nitrogens with two attached hydrogens (primary N) is 1. The Morgan fingerprint density at radius 1 is 1.00 bits per heavy atom. The van der Waals surface area contributed by atoms with Crippen molar-refractivity contribution in [3.63, 3.8) is 0 Å². The maximum absolute atomic E-state index is 13.6. The second-order valence-electron chi connectivity index (χ2n) is 9.88. The lowest BCUT2D eigenvalue weighted by molar-refractivity contribution is 0.0907. The molecule has 6 heteroatoms. The van der Waals surface area contributed by atoms with E-state index < -0.39 is 0 Å². The summed E-state index contributed by atoms with van der Waals surface area (Å²) in [5.41, 5.74) is 9.15. The van der Waals surface area contributed by atoms with Gasteiger partial charge in [0.2, 0.25) is 0 Å². The maximum atomic E-state index is 13.6. The lowest BCUT2D eigenvalue weighted by atomic mass is 9.90. The van der Waals surface area contributed by atoms with Crippen LogP contribution in [-0.4, -0.2) is 47.4 Å². The molecular weight excluding hydrogens is 434 g/mol. The van der Waals surface area contributed by atoms with Crippen LogP contribution < -0.4 is 11.1 Å². The number of benzene rings is 3. The van der Waals surface area contributed by atoms with Gasteiger partial charge >= 0.3 is 0 Å². The first-order valence-corrected chi connectivity index (χ1v) is 12.3. The first-order valence-electron chi connectivity index (χ1n) is 12.3. The molecule has 0 bridgehead atoms. The molecule has 5 rings (SSSR count). The van der Waals surface area contributed by atoms with E-state index in [0.717, 1.165) is 42.1 Å². The van der Waals surface area contributed by atoms with Gasteiger partial charge in [0.25, 0.3) is 5.91 Å². The van der Waals surface area contributed by atoms with E-state index in [0.29, 0.717) is 23.8 Å². The zero-order chi connectivity index (χ0) is 24.5. The van der Waals surface area contributed by atoms with E-state index in [1.807, 2.05) is 36.4 Å². The smallest absolute Gasteiger partial charge is 0.268 e. The van der Waals surface area contributed by atoms with Gasteiger partial charge in [0.05, 0.1) is 0 Å². The van der Waals surface area contributed by atoms with Crippen molar-refractivity contribution in [2.24, 2.45) is 5.73 Å². The van der Waals surface area contributed by atoms with Gasteiger partial charge in [0, 0.05) is 35.1 Å². The van der Waals surface area contributed by atoms with Gasteiger partial charge < -0.3 is 20.5 Å². The molecule has 1 saturated carbocycles. The number of carbonyl (C=O) groups excluding carboxylic acids is 1. The number of carbonyl (C=O) groups is 1. The molecule has 1 aliphatic carbocycles. The molecule has 0 spiro atoms. The van der Waals surface area contributed by atoms with Gasteiger partial charge in [-0.25, -0.2) is 0 Å². The van der Waals surface area contributed by atoms with Crippen LogP contribution in [0.5, 0.6) is 0 Å². The lowest BCUT2D eigenvalue weighted by Gasteiger charge is -2.33. The van der Waals surface area contributed by atoms with Crippen LogP contribution in [0.1, 0.15) is 47.3 Å². The Hall–Kier alpha value is -3.64. The molecule has 0 atom stereocenters. The molecule has 0 saturated heterocycles. The minimum atomic E-state index is -0.0425. The largest absolute Gasteiger partial charge is 0.384 e. The van der Waals surface area contributed by atoms with E-state index in [9.17, 15) is 4.79 Å². The highest BCUT2D eigenvalue weighted by Gasteiger charge is 2.25. The highest BCUT2D eigenvalue weighted by atomic mass is 16.2. The molecule has 6 nitrogen and oxygen atoms in total. The van der Waals surface area contributed by atoms with Gasteiger partial charge in [-0.1, -0.05) is 54.6 Å². The molecule has 1 fully saturated rings. The van der Waals surface area contributed by atoms with Crippen LogP contribution >= 0.6 is 0 Å². The molecular formula is C29H33N5O. The van der Waals surface area contributed by atoms with Crippen LogP contribution in [-0.2, 0) is 6.54 Å². The fourth-order valence-electron chi connectivity index (χ4n) is 5.38. The van der Waals surface area contributed by atoms with Crippen LogP contribution in [0, 0.1) is 5.41 Å². The normalized spacial score (nSPS) is 18.3. The van der Waals surface area contributed by atoms with Crippen LogP contribution in [0.15, 0.2) is 66.7 Å². The monoisotopic (exact) mass is 467 g/mol. The minimum absolute atomic E-state index is 0.0217. The third-order valence-electron chi connectivity index (χ3n) is 7.42. The molecule has 4 aromatic rings. The van der Waals surface area contributed by atoms with Crippen molar-refractivity contribution in [3.05, 3.63) is 83.6 Å². The molecule has 35 heavy (non-hydrogen) atoms. The van der Waals surface area contributed by atoms with Crippen molar-refractivity contribution in [1.29, 1.82) is 5.41 Å². The van der Waals surface area contributed by atoms with Crippen molar-refractivity contribution in [2.45, 2.75) is 44.3 Å². The zero-order valence-electron chi connectivity index (χ0n) is 20.4. The number of rotatable bonds is 6. The van der Waals surface area contributed by atoms with Gasteiger partial charge in [0.1, 0.15) is 11.5 Å². The third-order valence-corrected chi connectivity index (χ3v) is 7.42. The van der Waals surface area contributed by atoms with Gasteiger partial charge in [-0.15, -0.1) is 0 Å². The molecule has 1 heterocycles. The first-order chi connectivity index (χ1) is 16.9. The van der Waals surface area contributed by atoms with Crippen LogP contribution in [0.2, 0.25) is 0 Å². The standard InChI is InChI=1S/C29H33N5O/c1-33(2)24-14-12-23(13-15-24)32-29(35)27-16-20-10-11-21(28(30)31)17-26(20)34(27)18-22-8-5-7-19-6-3-4-9-25(19)22/h3-11,16-17,23-24H,12-15,18H2,1-2H3,(H3,30,31)(H,32,35)/t23-,24+. The SMILES string of the molecule is CN(C)[C@H]1CC[C@@H](NC(=O)c2cc3ccc(C(=N)N)cc3n2Cc2cccc3ccccc23)CC1. The van der Waals surface area contributed by atoms with E-state index in [-0.39, 0.29) is 17.8 Å². The number of hydrogen-bond acceptors (Lipinski definition) is 3. The average Bonchev–Trinajstić information content (AvgIpc) is 3.22. The summed E-state index contributed by atoms with van der Waals surface area (Å²) < 4.78 is 2.07. The summed E-state index contributed by atoms with van der Waals surface area (Å²) in [6, 6.07) is 23.1. The number of amides is 1. The zero-order valence-corrected chi connectivity index (χ0v) is 20.4. The number of amidine groups is 1. The van der Waals surface area contributed by atoms with E-state index in [1.165, 1.54) is 10.8 Å². The first kappa shape index (κ1) is 23.1. The molecule has 1 aromatic heterocycles. The molecule has 0 aliphatic heterocycles. The van der Waals surface area contributed by atoms with E-state index in [4.69, 9.17) is 11.1 Å². The molecule has 1 amide bonds. The molecule has 180 valence electrons. The van der Waals surface area contributed by atoms with E-state index in [2.05, 4.69) is 59.2 Å². The topological polar surface area (TPSA) is 87.1 Å².